The van der Waals surface area contributed by atoms with E-state index >= 15 is 0 Å². The molecule has 0 bridgehead atoms. The van der Waals surface area contributed by atoms with E-state index in [9.17, 15) is 0 Å². The zero-order chi connectivity index (χ0) is 23.8. The van der Waals surface area contributed by atoms with E-state index in [-0.39, 0.29) is 7.92 Å². The molecule has 0 heterocycles. The quantitative estimate of drug-likeness (QED) is 0.262. The standard InChI is InChI=1S/C31H45N2P/c1-4-25(2)32-23-24-33(3)30-21-13-11-19-28(30)29-20-12-14-22-31(29)34(26-15-7-5-8-16-26)27-17-9-6-10-18-27/h11-14,19-22,26-27H,4-10,15-18,23-24H2,1-3H3. The second-order valence-electron chi connectivity index (χ2n) is 10.4. The van der Waals surface area contributed by atoms with Crippen molar-refractivity contribution in [1.82, 2.24) is 0 Å². The summed E-state index contributed by atoms with van der Waals surface area (Å²) in [5, 5.41) is 1.69. The van der Waals surface area contributed by atoms with Gasteiger partial charge in [0.05, 0.1) is 6.54 Å². The topological polar surface area (TPSA) is 15.6 Å². The minimum atomic E-state index is -0.130. The van der Waals surface area contributed by atoms with E-state index in [0.717, 1.165) is 30.8 Å². The summed E-state index contributed by atoms with van der Waals surface area (Å²) in [5.74, 6) is 0. The molecule has 184 valence electrons. The van der Waals surface area contributed by atoms with E-state index in [1.807, 2.05) is 0 Å². The summed E-state index contributed by atoms with van der Waals surface area (Å²) < 4.78 is 0. The number of likely N-dealkylation sites (N-methyl/N-ethyl adjacent to an activating group) is 1. The molecule has 0 radical (unpaired) electrons. The molecular weight excluding hydrogens is 431 g/mol. The molecule has 4 rings (SSSR count). The predicted molar refractivity (Wildman–Crippen MR) is 154 cm³/mol. The average molecular weight is 477 g/mol. The molecule has 2 aromatic carbocycles. The van der Waals surface area contributed by atoms with Crippen LogP contribution >= 0.6 is 7.92 Å². The van der Waals surface area contributed by atoms with Crippen LogP contribution in [0.4, 0.5) is 5.69 Å². The molecule has 0 amide bonds. The number of hydrogen-bond donors (Lipinski definition) is 0. The maximum Gasteiger partial charge on any atom is 0.0564 e. The maximum atomic E-state index is 4.76. The molecule has 2 aliphatic carbocycles. The fourth-order valence-corrected chi connectivity index (χ4v) is 9.95. The largest absolute Gasteiger partial charge is 0.372 e. The summed E-state index contributed by atoms with van der Waals surface area (Å²) in [6, 6.07) is 18.6. The van der Waals surface area contributed by atoms with Gasteiger partial charge in [-0.3, -0.25) is 4.99 Å². The Balaban J connectivity index is 1.68. The van der Waals surface area contributed by atoms with E-state index in [2.05, 4.69) is 74.3 Å². The van der Waals surface area contributed by atoms with Crippen molar-refractivity contribution < 1.29 is 0 Å². The second-order valence-corrected chi connectivity index (χ2v) is 13.2. The summed E-state index contributed by atoms with van der Waals surface area (Å²) >= 11 is 0. The van der Waals surface area contributed by atoms with E-state index in [1.54, 1.807) is 5.30 Å². The van der Waals surface area contributed by atoms with Crippen LogP contribution in [0, 0.1) is 0 Å². The van der Waals surface area contributed by atoms with Crippen LogP contribution in [-0.4, -0.2) is 37.2 Å². The molecule has 0 saturated heterocycles. The monoisotopic (exact) mass is 476 g/mol. The van der Waals surface area contributed by atoms with Crippen molar-refractivity contribution in [2.24, 2.45) is 4.99 Å². The molecule has 2 nitrogen and oxygen atoms in total. The fourth-order valence-electron chi connectivity index (χ4n) is 5.99. The Kier molecular flexibility index (Phi) is 9.63. The van der Waals surface area contributed by atoms with E-state index in [1.165, 1.54) is 86.7 Å². The highest BCUT2D eigenvalue weighted by Gasteiger charge is 2.33. The van der Waals surface area contributed by atoms with Gasteiger partial charge in [0, 0.05) is 30.6 Å². The highest BCUT2D eigenvalue weighted by atomic mass is 31.1. The maximum absolute atomic E-state index is 4.76. The first kappa shape index (κ1) is 25.4. The molecule has 2 fully saturated rings. The van der Waals surface area contributed by atoms with Crippen molar-refractivity contribution in [3.63, 3.8) is 0 Å². The van der Waals surface area contributed by atoms with Crippen LogP contribution in [0.5, 0.6) is 0 Å². The van der Waals surface area contributed by atoms with Crippen molar-refractivity contribution in [3.8, 4) is 11.1 Å². The highest BCUT2D eigenvalue weighted by Crippen LogP contribution is 2.56. The molecular formula is C31H45N2P. The lowest BCUT2D eigenvalue weighted by molar-refractivity contribution is 0.487. The number of hydrogen-bond acceptors (Lipinski definition) is 2. The molecule has 0 N–H and O–H groups in total. The first-order chi connectivity index (χ1) is 16.7. The number of nitrogens with zero attached hydrogens (tertiary/aromatic N) is 2. The lowest BCUT2D eigenvalue weighted by atomic mass is 9.99. The van der Waals surface area contributed by atoms with Gasteiger partial charge in [-0.25, -0.2) is 0 Å². The zero-order valence-electron chi connectivity index (χ0n) is 21.8. The number of rotatable bonds is 9. The van der Waals surface area contributed by atoms with E-state index in [4.69, 9.17) is 4.99 Å². The first-order valence-electron chi connectivity index (χ1n) is 13.9. The summed E-state index contributed by atoms with van der Waals surface area (Å²) in [6.07, 6.45) is 15.5. The third kappa shape index (κ3) is 6.31. The molecule has 0 aliphatic heterocycles. The van der Waals surface area contributed by atoms with Crippen LogP contribution in [0.25, 0.3) is 11.1 Å². The number of anilines is 1. The second kappa shape index (κ2) is 12.9. The van der Waals surface area contributed by atoms with E-state index in [0.29, 0.717) is 0 Å². The summed E-state index contributed by atoms with van der Waals surface area (Å²) in [5.41, 5.74) is 7.35. The summed E-state index contributed by atoms with van der Waals surface area (Å²) in [6.45, 7) is 6.15. The molecule has 2 saturated carbocycles. The third-order valence-corrected chi connectivity index (χ3v) is 11.6. The van der Waals surface area contributed by atoms with Gasteiger partial charge in [0.1, 0.15) is 0 Å². The highest BCUT2D eigenvalue weighted by molar-refractivity contribution is 7.67. The molecule has 0 unspecified atom stereocenters. The first-order valence-corrected chi connectivity index (χ1v) is 15.3. The van der Waals surface area contributed by atoms with Crippen molar-refractivity contribution in [3.05, 3.63) is 48.5 Å². The van der Waals surface area contributed by atoms with Gasteiger partial charge in [-0.05, 0) is 67.3 Å². The Bertz CT molecular complexity index is 907. The van der Waals surface area contributed by atoms with Gasteiger partial charge in [0.15, 0.2) is 0 Å². The molecule has 0 aromatic heterocycles. The van der Waals surface area contributed by atoms with Gasteiger partial charge in [-0.2, -0.15) is 0 Å². The molecule has 3 heteroatoms. The van der Waals surface area contributed by atoms with Gasteiger partial charge in [0.2, 0.25) is 0 Å². The minimum absolute atomic E-state index is 0.130. The van der Waals surface area contributed by atoms with Crippen molar-refractivity contribution in [2.75, 3.05) is 25.0 Å². The normalized spacial score (nSPS) is 18.4. The lowest BCUT2D eigenvalue weighted by Crippen LogP contribution is -2.27. The predicted octanol–water partition coefficient (Wildman–Crippen LogP) is 8.43. The Morgan fingerprint density at radius 1 is 0.824 bits per heavy atom. The zero-order valence-corrected chi connectivity index (χ0v) is 22.7. The molecule has 0 atom stereocenters. The van der Waals surface area contributed by atoms with Crippen LogP contribution in [0.1, 0.15) is 84.5 Å². The Labute approximate surface area is 210 Å². The third-order valence-electron chi connectivity index (χ3n) is 8.05. The molecule has 2 aliphatic rings. The SMILES string of the molecule is CCC(C)=NCCN(C)c1ccccc1-c1ccccc1P(C1CCCCC1)C1CCCCC1. The van der Waals surface area contributed by atoms with Crippen LogP contribution in [-0.2, 0) is 0 Å². The van der Waals surface area contributed by atoms with Crippen molar-refractivity contribution in [2.45, 2.75) is 95.8 Å². The number of aliphatic imine (C=N–C) groups is 1. The smallest absolute Gasteiger partial charge is 0.0564 e. The van der Waals surface area contributed by atoms with Gasteiger partial charge in [0.25, 0.3) is 0 Å². The van der Waals surface area contributed by atoms with Gasteiger partial charge < -0.3 is 4.90 Å². The molecule has 34 heavy (non-hydrogen) atoms. The van der Waals surface area contributed by atoms with Crippen LogP contribution in [0.3, 0.4) is 0 Å². The number of benzene rings is 2. The van der Waals surface area contributed by atoms with Crippen LogP contribution < -0.4 is 10.2 Å². The number of para-hydroxylation sites is 1. The van der Waals surface area contributed by atoms with Crippen molar-refractivity contribution in [1.29, 1.82) is 0 Å². The minimum Gasteiger partial charge on any atom is -0.372 e. The Morgan fingerprint density at radius 3 is 2.00 bits per heavy atom. The van der Waals surface area contributed by atoms with Crippen LogP contribution in [0.15, 0.2) is 53.5 Å². The summed E-state index contributed by atoms with van der Waals surface area (Å²) in [4.78, 5) is 7.18. The fraction of sp³-hybridized carbons (Fsp3) is 0.581. The van der Waals surface area contributed by atoms with Gasteiger partial charge in [-0.1, -0.05) is 95.8 Å². The van der Waals surface area contributed by atoms with Crippen molar-refractivity contribution >= 4 is 24.6 Å². The Morgan fingerprint density at radius 2 is 1.38 bits per heavy atom. The van der Waals surface area contributed by atoms with Crippen LogP contribution in [0.2, 0.25) is 0 Å². The molecule has 2 aromatic rings. The Hall–Kier alpha value is -1.66. The lowest BCUT2D eigenvalue weighted by Gasteiger charge is -2.40. The van der Waals surface area contributed by atoms with Gasteiger partial charge >= 0.3 is 0 Å². The van der Waals surface area contributed by atoms with Gasteiger partial charge in [-0.15, -0.1) is 0 Å². The average Bonchev–Trinajstić information content (AvgIpc) is 2.90. The molecule has 0 spiro atoms. The van der Waals surface area contributed by atoms with E-state index < -0.39 is 0 Å². The summed E-state index contributed by atoms with van der Waals surface area (Å²) in [7, 11) is 2.11.